The van der Waals surface area contributed by atoms with Crippen LogP contribution in [0, 0.1) is 18.3 Å². The van der Waals surface area contributed by atoms with Crippen molar-refractivity contribution >= 4 is 15.9 Å². The number of rotatable bonds is 3. The molecular formula is C14H14BrN3O2. The van der Waals surface area contributed by atoms with E-state index in [1.807, 2.05) is 19.1 Å². The molecule has 0 saturated carbocycles. The van der Waals surface area contributed by atoms with Crippen LogP contribution < -0.4 is 9.47 Å². The highest BCUT2D eigenvalue weighted by molar-refractivity contribution is 9.10. The van der Waals surface area contributed by atoms with E-state index in [-0.39, 0.29) is 0 Å². The molecule has 0 radical (unpaired) electrons. The van der Waals surface area contributed by atoms with Crippen LogP contribution in [0.1, 0.15) is 11.3 Å². The Morgan fingerprint density at radius 1 is 1.25 bits per heavy atom. The van der Waals surface area contributed by atoms with Crippen molar-refractivity contribution in [3.05, 3.63) is 28.0 Å². The number of methoxy groups -OCH3 is 2. The molecule has 0 atom stereocenters. The number of benzene rings is 1. The molecule has 0 aliphatic rings. The van der Waals surface area contributed by atoms with E-state index in [2.05, 4.69) is 27.0 Å². The minimum Gasteiger partial charge on any atom is -0.496 e. The number of aryl methyl sites for hydroxylation is 1. The van der Waals surface area contributed by atoms with E-state index in [1.165, 1.54) is 0 Å². The van der Waals surface area contributed by atoms with Crippen LogP contribution in [0.3, 0.4) is 0 Å². The molecule has 1 heterocycles. The van der Waals surface area contributed by atoms with Gasteiger partial charge in [0.25, 0.3) is 0 Å². The van der Waals surface area contributed by atoms with Crippen LogP contribution in [0.4, 0.5) is 0 Å². The zero-order chi connectivity index (χ0) is 14.9. The maximum Gasteiger partial charge on any atom is 0.154 e. The molecular weight excluding hydrogens is 322 g/mol. The first-order valence-electron chi connectivity index (χ1n) is 5.88. The van der Waals surface area contributed by atoms with Gasteiger partial charge in [-0.2, -0.15) is 5.26 Å². The first-order valence-corrected chi connectivity index (χ1v) is 6.68. The first kappa shape index (κ1) is 14.4. The van der Waals surface area contributed by atoms with Crippen molar-refractivity contribution in [3.63, 3.8) is 0 Å². The summed E-state index contributed by atoms with van der Waals surface area (Å²) >= 11 is 3.30. The van der Waals surface area contributed by atoms with E-state index in [0.717, 1.165) is 16.9 Å². The molecule has 1 aromatic heterocycles. The zero-order valence-corrected chi connectivity index (χ0v) is 13.3. The Bertz CT molecular complexity index is 701. The van der Waals surface area contributed by atoms with Crippen LogP contribution in [0.2, 0.25) is 0 Å². The van der Waals surface area contributed by atoms with Gasteiger partial charge in [-0.1, -0.05) is 0 Å². The number of halogens is 1. The molecule has 0 saturated heterocycles. The van der Waals surface area contributed by atoms with Gasteiger partial charge in [0, 0.05) is 7.05 Å². The fourth-order valence-corrected chi connectivity index (χ4v) is 2.57. The maximum atomic E-state index is 9.13. The summed E-state index contributed by atoms with van der Waals surface area (Å²) in [5.41, 5.74) is 2.21. The van der Waals surface area contributed by atoms with Gasteiger partial charge >= 0.3 is 0 Å². The molecule has 0 aliphatic carbocycles. The van der Waals surface area contributed by atoms with Crippen molar-refractivity contribution in [1.82, 2.24) is 9.55 Å². The SMILES string of the molecule is COc1cc(-c2nc(Br)c(C#N)n2C)c(OC)cc1C. The zero-order valence-electron chi connectivity index (χ0n) is 11.7. The standard InChI is InChI=1S/C14H14BrN3O2/c1-8-5-12(20-4)9(6-11(8)19-3)14-17-13(15)10(7-16)18(14)2/h5-6H,1-4H3. The summed E-state index contributed by atoms with van der Waals surface area (Å²) in [4.78, 5) is 4.39. The number of aromatic nitrogens is 2. The second-order valence-corrected chi connectivity index (χ2v) is 5.02. The van der Waals surface area contributed by atoms with Crippen molar-refractivity contribution in [2.45, 2.75) is 6.92 Å². The Labute approximate surface area is 125 Å². The summed E-state index contributed by atoms with van der Waals surface area (Å²) in [5, 5.41) is 9.13. The lowest BCUT2D eigenvalue weighted by atomic mass is 10.1. The number of nitrogens with zero attached hydrogens (tertiary/aromatic N) is 3. The minimum absolute atomic E-state index is 0.460. The summed E-state index contributed by atoms with van der Waals surface area (Å²) in [6.45, 7) is 1.94. The molecule has 0 amide bonds. The minimum atomic E-state index is 0.460. The Kier molecular flexibility index (Phi) is 4.00. The van der Waals surface area contributed by atoms with Crippen LogP contribution in [-0.4, -0.2) is 23.8 Å². The number of hydrogen-bond donors (Lipinski definition) is 0. The summed E-state index contributed by atoms with van der Waals surface area (Å²) in [6.07, 6.45) is 0. The normalized spacial score (nSPS) is 10.2. The fourth-order valence-electron chi connectivity index (χ4n) is 2.05. The van der Waals surface area contributed by atoms with E-state index in [1.54, 1.807) is 25.8 Å². The quantitative estimate of drug-likeness (QED) is 0.864. The van der Waals surface area contributed by atoms with E-state index < -0.39 is 0 Å². The Balaban J connectivity index is 2.72. The summed E-state index contributed by atoms with van der Waals surface area (Å²) < 4.78 is 13.0. The molecule has 6 heteroatoms. The summed E-state index contributed by atoms with van der Waals surface area (Å²) in [6, 6.07) is 5.87. The molecule has 1 aromatic carbocycles. The second kappa shape index (κ2) is 5.55. The summed E-state index contributed by atoms with van der Waals surface area (Å²) in [5.74, 6) is 2.08. The van der Waals surface area contributed by atoms with Crippen LogP contribution in [0.25, 0.3) is 11.4 Å². The lowest BCUT2D eigenvalue weighted by molar-refractivity contribution is 0.401. The third-order valence-corrected chi connectivity index (χ3v) is 3.67. The maximum absolute atomic E-state index is 9.13. The van der Waals surface area contributed by atoms with E-state index in [4.69, 9.17) is 14.7 Å². The smallest absolute Gasteiger partial charge is 0.154 e. The van der Waals surface area contributed by atoms with Crippen LogP contribution in [0.5, 0.6) is 11.5 Å². The third-order valence-electron chi connectivity index (χ3n) is 3.12. The predicted octanol–water partition coefficient (Wildman–Crippen LogP) is 3.05. The van der Waals surface area contributed by atoms with Gasteiger partial charge in [0.15, 0.2) is 5.69 Å². The van der Waals surface area contributed by atoms with Crippen molar-refractivity contribution in [2.24, 2.45) is 7.05 Å². The molecule has 0 bridgehead atoms. The Morgan fingerprint density at radius 2 is 1.90 bits per heavy atom. The van der Waals surface area contributed by atoms with Gasteiger partial charge < -0.3 is 14.0 Å². The van der Waals surface area contributed by atoms with Crippen molar-refractivity contribution in [1.29, 1.82) is 5.26 Å². The average Bonchev–Trinajstić information content (AvgIpc) is 2.73. The number of nitriles is 1. The fraction of sp³-hybridized carbons (Fsp3) is 0.286. The van der Waals surface area contributed by atoms with E-state index >= 15 is 0 Å². The van der Waals surface area contributed by atoms with Crippen molar-refractivity contribution in [3.8, 4) is 29.0 Å². The highest BCUT2D eigenvalue weighted by Crippen LogP contribution is 2.36. The van der Waals surface area contributed by atoms with Gasteiger partial charge in [-0.25, -0.2) is 4.98 Å². The van der Waals surface area contributed by atoms with Gasteiger partial charge in [-0.3, -0.25) is 0 Å². The Hall–Kier alpha value is -2.00. The third kappa shape index (κ3) is 2.25. The number of imidazole rings is 1. The highest BCUT2D eigenvalue weighted by Gasteiger charge is 2.19. The van der Waals surface area contributed by atoms with Crippen LogP contribution >= 0.6 is 15.9 Å². The first-order chi connectivity index (χ1) is 9.53. The molecule has 104 valence electrons. The molecule has 0 unspecified atom stereocenters. The monoisotopic (exact) mass is 335 g/mol. The molecule has 5 nitrogen and oxygen atoms in total. The molecule has 0 spiro atoms. The number of ether oxygens (including phenoxy) is 2. The van der Waals surface area contributed by atoms with Crippen molar-refractivity contribution in [2.75, 3.05) is 14.2 Å². The topological polar surface area (TPSA) is 60.1 Å². The van der Waals surface area contributed by atoms with Gasteiger partial charge in [-0.05, 0) is 40.5 Å². The molecule has 0 N–H and O–H groups in total. The second-order valence-electron chi connectivity index (χ2n) is 4.27. The van der Waals surface area contributed by atoms with Gasteiger partial charge in [0.1, 0.15) is 28.0 Å². The van der Waals surface area contributed by atoms with E-state index in [9.17, 15) is 0 Å². The Morgan fingerprint density at radius 3 is 2.40 bits per heavy atom. The van der Waals surface area contributed by atoms with Gasteiger partial charge in [-0.15, -0.1) is 0 Å². The van der Waals surface area contributed by atoms with Crippen LogP contribution in [0.15, 0.2) is 16.7 Å². The molecule has 2 aromatic rings. The molecule has 0 fully saturated rings. The average molecular weight is 336 g/mol. The van der Waals surface area contributed by atoms with Crippen molar-refractivity contribution < 1.29 is 9.47 Å². The molecule has 2 rings (SSSR count). The molecule has 20 heavy (non-hydrogen) atoms. The van der Waals surface area contributed by atoms with Crippen LogP contribution in [-0.2, 0) is 7.05 Å². The lowest BCUT2D eigenvalue weighted by Gasteiger charge is -2.12. The molecule has 0 aliphatic heterocycles. The largest absolute Gasteiger partial charge is 0.496 e. The number of hydrogen-bond acceptors (Lipinski definition) is 4. The lowest BCUT2D eigenvalue weighted by Crippen LogP contribution is -1.99. The van der Waals surface area contributed by atoms with E-state index in [0.29, 0.717) is 21.9 Å². The highest BCUT2D eigenvalue weighted by atomic mass is 79.9. The van der Waals surface area contributed by atoms with Gasteiger partial charge in [0.2, 0.25) is 0 Å². The van der Waals surface area contributed by atoms with Gasteiger partial charge in [0.05, 0.1) is 19.8 Å². The predicted molar refractivity (Wildman–Crippen MR) is 78.9 cm³/mol. The summed E-state index contributed by atoms with van der Waals surface area (Å²) in [7, 11) is 5.01.